The van der Waals surface area contributed by atoms with Gasteiger partial charge in [0.1, 0.15) is 10.6 Å². The van der Waals surface area contributed by atoms with E-state index in [-0.39, 0.29) is 27.3 Å². The molecule has 1 aromatic heterocycles. The summed E-state index contributed by atoms with van der Waals surface area (Å²) >= 11 is 1.51. The molecule has 0 atom stereocenters. The van der Waals surface area contributed by atoms with Crippen LogP contribution in [0.3, 0.4) is 0 Å². The lowest BCUT2D eigenvalue weighted by molar-refractivity contribution is -0.597. The quantitative estimate of drug-likeness (QED) is 0.371. The van der Waals surface area contributed by atoms with Crippen LogP contribution in [0.25, 0.3) is 20.8 Å². The molecule has 31 heavy (non-hydrogen) atoms. The highest BCUT2D eigenvalue weighted by Gasteiger charge is 2.21. The topological polar surface area (TPSA) is 42.4 Å². The predicted octanol–water partition coefficient (Wildman–Crippen LogP) is 3.46. The van der Waals surface area contributed by atoms with Crippen molar-refractivity contribution < 1.29 is 30.7 Å². The number of rotatable bonds is 4. The fourth-order valence-electron chi connectivity index (χ4n) is 2.95. The maximum Gasteiger partial charge on any atom is 0.414 e. The van der Waals surface area contributed by atoms with Crippen molar-refractivity contribution in [1.29, 1.82) is 0 Å². The summed E-state index contributed by atoms with van der Waals surface area (Å²) in [6, 6.07) is 25.1. The fraction of sp³-hybridized carbons (Fsp3) is 0.200. The summed E-state index contributed by atoms with van der Waals surface area (Å²) in [6.07, 6.45) is -0.366. The molecule has 0 aliphatic heterocycles. The molecule has 0 aliphatic rings. The number of halogens is 1. The van der Waals surface area contributed by atoms with Gasteiger partial charge in [0.25, 0.3) is 0 Å². The van der Waals surface area contributed by atoms with Gasteiger partial charge < -0.3 is 4.74 Å². The van der Waals surface area contributed by atoms with Crippen LogP contribution >= 0.6 is 11.3 Å². The van der Waals surface area contributed by atoms with E-state index in [1.807, 2.05) is 45.0 Å². The molecule has 0 radical (unpaired) electrons. The summed E-state index contributed by atoms with van der Waals surface area (Å²) in [5.74, 6) is 0. The zero-order chi connectivity index (χ0) is 22.0. The lowest BCUT2D eigenvalue weighted by Gasteiger charge is -2.24. The van der Waals surface area contributed by atoms with Crippen molar-refractivity contribution in [3.63, 3.8) is 0 Å². The molecular weight excluding hydrogens is 519 g/mol. The Morgan fingerprint density at radius 2 is 1.68 bits per heavy atom. The molecule has 0 bridgehead atoms. The van der Waals surface area contributed by atoms with Gasteiger partial charge in [-0.25, -0.2) is 9.78 Å². The first-order valence-electron chi connectivity index (χ1n) is 9.96. The molecule has 6 heteroatoms. The Kier molecular flexibility index (Phi) is 6.29. The van der Waals surface area contributed by atoms with Gasteiger partial charge in [0.15, 0.2) is 7.14 Å². The molecule has 4 rings (SSSR count). The van der Waals surface area contributed by atoms with E-state index >= 15 is 0 Å². The van der Waals surface area contributed by atoms with Crippen LogP contribution < -0.4 is 26.1 Å². The summed E-state index contributed by atoms with van der Waals surface area (Å²) in [5, 5.41) is 0.983. The number of hydrogen-bond acceptors (Lipinski definition) is 4. The molecule has 0 fully saturated rings. The van der Waals surface area contributed by atoms with Crippen molar-refractivity contribution in [3.8, 4) is 10.6 Å². The number of fused-ring (bicyclic) bond motifs is 1. The third kappa shape index (κ3) is 5.43. The number of nitrogens with zero attached hydrogens (tertiary/aromatic N) is 2. The number of amides is 1. The van der Waals surface area contributed by atoms with Crippen molar-refractivity contribution in [2.75, 3.05) is 11.9 Å². The second kappa shape index (κ2) is 8.96. The van der Waals surface area contributed by atoms with Gasteiger partial charge in [-0.1, -0.05) is 18.2 Å². The number of aromatic nitrogens is 1. The van der Waals surface area contributed by atoms with Crippen LogP contribution in [-0.2, 0) is 4.74 Å². The first-order chi connectivity index (χ1) is 14.8. The Morgan fingerprint density at radius 1 is 0.968 bits per heavy atom. The number of carbonyl (C=O) groups excluding carboxylic acids is 1. The zero-order valence-electron chi connectivity index (χ0n) is 17.9. The highest BCUT2D eigenvalue weighted by molar-refractivity contribution is 7.21. The zero-order valence-corrected chi connectivity index (χ0v) is 20.9. The second-order valence-corrected chi connectivity index (χ2v) is 12.2. The summed E-state index contributed by atoms with van der Waals surface area (Å²) in [7, 11) is 1.72. The van der Waals surface area contributed by atoms with Crippen LogP contribution in [0, 0.1) is 7.14 Å². The minimum Gasteiger partial charge on any atom is -0.443 e. The molecule has 4 aromatic rings. The molecule has 0 spiro atoms. The third-order valence-corrected chi connectivity index (χ3v) is 8.17. The van der Waals surface area contributed by atoms with Gasteiger partial charge in [-0.3, -0.25) is 4.90 Å². The lowest BCUT2D eigenvalue weighted by Crippen LogP contribution is -3.61. The molecule has 0 aliphatic carbocycles. The number of thiazole rings is 1. The SMILES string of the molecule is CN(C(=O)OC(C)(C)C)c1ccc(-c2nc3ccc([I+]c4ccccc4)cc3s2)cc1. The van der Waals surface area contributed by atoms with E-state index in [0.29, 0.717) is 0 Å². The van der Waals surface area contributed by atoms with Crippen molar-refractivity contribution in [1.82, 2.24) is 4.98 Å². The Labute approximate surface area is 197 Å². The summed E-state index contributed by atoms with van der Waals surface area (Å²) in [5.41, 5.74) is 2.33. The summed E-state index contributed by atoms with van der Waals surface area (Å²) < 4.78 is 9.45. The second-order valence-electron chi connectivity index (χ2n) is 8.11. The normalized spacial score (nSPS) is 11.5. The van der Waals surface area contributed by atoms with E-state index < -0.39 is 5.60 Å². The van der Waals surface area contributed by atoms with Crippen molar-refractivity contribution >= 4 is 33.3 Å². The smallest absolute Gasteiger partial charge is 0.414 e. The maximum absolute atomic E-state index is 12.3. The molecule has 0 saturated heterocycles. The van der Waals surface area contributed by atoms with Gasteiger partial charge in [-0.05, 0) is 69.3 Å². The highest BCUT2D eigenvalue weighted by Crippen LogP contribution is 2.31. The maximum atomic E-state index is 12.3. The fourth-order valence-corrected chi connectivity index (χ4v) is 6.49. The summed E-state index contributed by atoms with van der Waals surface area (Å²) in [4.78, 5) is 18.6. The predicted molar refractivity (Wildman–Crippen MR) is 124 cm³/mol. The van der Waals surface area contributed by atoms with Crippen LogP contribution in [0.2, 0.25) is 0 Å². The third-order valence-electron chi connectivity index (χ3n) is 4.47. The number of hydrogen-bond donors (Lipinski definition) is 0. The van der Waals surface area contributed by atoms with E-state index in [1.165, 1.54) is 16.7 Å². The van der Waals surface area contributed by atoms with Crippen LogP contribution in [0.4, 0.5) is 10.5 Å². The molecule has 3 aromatic carbocycles. The first-order valence-corrected chi connectivity index (χ1v) is 12.9. The summed E-state index contributed by atoms with van der Waals surface area (Å²) in [6.45, 7) is 5.59. The van der Waals surface area contributed by atoms with Crippen molar-refractivity contribution in [2.45, 2.75) is 26.4 Å². The number of ether oxygens (including phenoxy) is 1. The van der Waals surface area contributed by atoms with Crippen LogP contribution in [-0.4, -0.2) is 23.7 Å². The van der Waals surface area contributed by atoms with E-state index in [1.54, 1.807) is 18.4 Å². The van der Waals surface area contributed by atoms with Gasteiger partial charge in [-0.15, -0.1) is 11.3 Å². The van der Waals surface area contributed by atoms with Gasteiger partial charge in [0.2, 0.25) is 0 Å². The van der Waals surface area contributed by atoms with Gasteiger partial charge in [-0.2, -0.15) is 0 Å². The monoisotopic (exact) mass is 543 g/mol. The Hall–Kier alpha value is -2.45. The number of carbonyl (C=O) groups is 1. The van der Waals surface area contributed by atoms with E-state index in [0.717, 1.165) is 21.8 Å². The average Bonchev–Trinajstić information content (AvgIpc) is 3.16. The van der Waals surface area contributed by atoms with Crippen molar-refractivity contribution in [3.05, 3.63) is 79.9 Å². The van der Waals surface area contributed by atoms with Gasteiger partial charge in [0, 0.05) is 24.4 Å². The highest BCUT2D eigenvalue weighted by atomic mass is 127. The number of benzene rings is 3. The number of anilines is 1. The minimum absolute atomic E-state index is 0.191. The van der Waals surface area contributed by atoms with E-state index in [2.05, 4.69) is 48.5 Å². The van der Waals surface area contributed by atoms with E-state index in [4.69, 9.17) is 9.72 Å². The van der Waals surface area contributed by atoms with E-state index in [9.17, 15) is 4.79 Å². The lowest BCUT2D eigenvalue weighted by atomic mass is 10.2. The van der Waals surface area contributed by atoms with Crippen LogP contribution in [0.5, 0.6) is 0 Å². The molecule has 158 valence electrons. The minimum atomic E-state index is -0.520. The standard InChI is InChI=1S/C25H24IN2O2S/c1-25(2,3)30-24(29)28(4)20-13-10-17(11-14-20)23-27-21-15-12-19(16-22(21)31-23)26-18-8-6-5-7-9-18/h5-16H,1-4H3/q+1. The Balaban J connectivity index is 1.52. The molecule has 4 nitrogen and oxygen atoms in total. The van der Waals surface area contributed by atoms with Crippen LogP contribution in [0.1, 0.15) is 20.8 Å². The Bertz CT molecular complexity index is 1200. The molecule has 1 heterocycles. The average molecular weight is 543 g/mol. The van der Waals surface area contributed by atoms with Crippen LogP contribution in [0.15, 0.2) is 72.8 Å². The molecule has 0 unspecified atom stereocenters. The Morgan fingerprint density at radius 3 is 2.35 bits per heavy atom. The largest absolute Gasteiger partial charge is 0.443 e. The molecular formula is C25H24IN2O2S+. The van der Waals surface area contributed by atoms with Crippen molar-refractivity contribution in [2.24, 2.45) is 0 Å². The molecule has 0 N–H and O–H groups in total. The molecule has 1 amide bonds. The van der Waals surface area contributed by atoms with Gasteiger partial charge >= 0.3 is 27.3 Å². The molecule has 0 saturated carbocycles. The van der Waals surface area contributed by atoms with Gasteiger partial charge in [0.05, 0.1) is 10.2 Å². The first kappa shape index (κ1) is 21.8.